The minimum Gasteiger partial charge on any atom is -0.308 e. The topological polar surface area (TPSA) is 24.9 Å². The van der Waals surface area contributed by atoms with Crippen LogP contribution in [-0.2, 0) is 6.54 Å². The summed E-state index contributed by atoms with van der Waals surface area (Å²) in [5, 5.41) is 6.98. The SMILES string of the molecule is Cc1nc(CNC(C)C2CC3C=CC2C3)cs1. The second-order valence-electron chi connectivity index (χ2n) is 5.47. The van der Waals surface area contributed by atoms with E-state index in [1.165, 1.54) is 18.5 Å². The lowest BCUT2D eigenvalue weighted by Crippen LogP contribution is -2.35. The van der Waals surface area contributed by atoms with E-state index in [1.54, 1.807) is 11.3 Å². The van der Waals surface area contributed by atoms with Gasteiger partial charge >= 0.3 is 0 Å². The molecule has 3 heteroatoms. The van der Waals surface area contributed by atoms with E-state index in [0.29, 0.717) is 6.04 Å². The molecule has 2 nitrogen and oxygen atoms in total. The van der Waals surface area contributed by atoms with Crippen LogP contribution < -0.4 is 5.32 Å². The molecule has 1 fully saturated rings. The molecule has 2 bridgehead atoms. The molecule has 4 unspecified atom stereocenters. The van der Waals surface area contributed by atoms with E-state index in [-0.39, 0.29) is 0 Å². The van der Waals surface area contributed by atoms with Crippen molar-refractivity contribution in [2.24, 2.45) is 17.8 Å². The molecule has 0 spiro atoms. The van der Waals surface area contributed by atoms with E-state index in [2.05, 4.69) is 41.7 Å². The van der Waals surface area contributed by atoms with Gasteiger partial charge in [0.15, 0.2) is 0 Å². The molecule has 1 aromatic heterocycles. The van der Waals surface area contributed by atoms with Crippen molar-refractivity contribution in [3.8, 4) is 0 Å². The summed E-state index contributed by atoms with van der Waals surface area (Å²) in [7, 11) is 0. The Labute approximate surface area is 107 Å². The molecule has 92 valence electrons. The van der Waals surface area contributed by atoms with Gasteiger partial charge in [-0.25, -0.2) is 4.98 Å². The van der Waals surface area contributed by atoms with Gasteiger partial charge in [0.05, 0.1) is 10.7 Å². The fourth-order valence-electron chi connectivity index (χ4n) is 3.30. The summed E-state index contributed by atoms with van der Waals surface area (Å²) < 4.78 is 0. The molecule has 0 radical (unpaired) electrons. The van der Waals surface area contributed by atoms with Crippen LogP contribution in [0.2, 0.25) is 0 Å². The van der Waals surface area contributed by atoms with Crippen molar-refractivity contribution in [2.75, 3.05) is 0 Å². The molecule has 4 atom stereocenters. The average Bonchev–Trinajstić information content (AvgIpc) is 3.01. The van der Waals surface area contributed by atoms with Crippen molar-refractivity contribution in [1.82, 2.24) is 10.3 Å². The van der Waals surface area contributed by atoms with Crippen LogP contribution in [0, 0.1) is 24.7 Å². The number of allylic oxidation sites excluding steroid dienone is 2. The lowest BCUT2D eigenvalue weighted by Gasteiger charge is -2.26. The van der Waals surface area contributed by atoms with Crippen LogP contribution in [-0.4, -0.2) is 11.0 Å². The number of aryl methyl sites for hydroxylation is 1. The van der Waals surface area contributed by atoms with Crippen molar-refractivity contribution >= 4 is 11.3 Å². The van der Waals surface area contributed by atoms with Crippen molar-refractivity contribution in [1.29, 1.82) is 0 Å². The minimum absolute atomic E-state index is 0.608. The Kier molecular flexibility index (Phi) is 3.05. The molecular weight excluding hydrogens is 228 g/mol. The third-order valence-corrected chi connectivity index (χ3v) is 5.07. The molecule has 17 heavy (non-hydrogen) atoms. The van der Waals surface area contributed by atoms with Gasteiger partial charge in [-0.05, 0) is 44.4 Å². The summed E-state index contributed by atoms with van der Waals surface area (Å²) in [5.41, 5.74) is 1.19. The number of nitrogens with one attached hydrogen (secondary N) is 1. The molecule has 0 saturated heterocycles. The van der Waals surface area contributed by atoms with Crippen molar-refractivity contribution in [2.45, 2.75) is 39.3 Å². The molecule has 3 rings (SSSR count). The number of hydrogen-bond acceptors (Lipinski definition) is 3. The zero-order chi connectivity index (χ0) is 11.8. The number of rotatable bonds is 4. The second kappa shape index (κ2) is 4.54. The van der Waals surface area contributed by atoms with E-state index < -0.39 is 0 Å². The molecule has 1 aromatic rings. The van der Waals surface area contributed by atoms with E-state index in [1.807, 2.05) is 0 Å². The average molecular weight is 248 g/mol. The zero-order valence-corrected chi connectivity index (χ0v) is 11.3. The number of fused-ring (bicyclic) bond motifs is 2. The maximum absolute atomic E-state index is 4.50. The van der Waals surface area contributed by atoms with Crippen LogP contribution in [0.1, 0.15) is 30.5 Å². The predicted molar refractivity (Wildman–Crippen MR) is 72.0 cm³/mol. The first-order valence-corrected chi connectivity index (χ1v) is 7.43. The van der Waals surface area contributed by atoms with Crippen LogP contribution >= 0.6 is 11.3 Å². The Morgan fingerprint density at radius 2 is 2.35 bits per heavy atom. The molecule has 2 aliphatic rings. The lowest BCUT2D eigenvalue weighted by atomic mass is 9.87. The smallest absolute Gasteiger partial charge is 0.0897 e. The molecule has 1 heterocycles. The second-order valence-corrected chi connectivity index (χ2v) is 6.53. The zero-order valence-electron chi connectivity index (χ0n) is 10.5. The van der Waals surface area contributed by atoms with Crippen LogP contribution in [0.15, 0.2) is 17.5 Å². The Bertz CT molecular complexity index is 424. The Morgan fingerprint density at radius 3 is 2.94 bits per heavy atom. The molecule has 0 aromatic carbocycles. The summed E-state index contributed by atoms with van der Waals surface area (Å²) in [6.07, 6.45) is 7.62. The predicted octanol–water partition coefficient (Wildman–Crippen LogP) is 3.14. The number of hydrogen-bond donors (Lipinski definition) is 1. The quantitative estimate of drug-likeness (QED) is 0.828. The molecule has 0 amide bonds. The Balaban J connectivity index is 1.54. The third kappa shape index (κ3) is 2.31. The first-order valence-electron chi connectivity index (χ1n) is 6.55. The highest BCUT2D eigenvalue weighted by molar-refractivity contribution is 7.09. The van der Waals surface area contributed by atoms with Crippen LogP contribution in [0.3, 0.4) is 0 Å². The maximum atomic E-state index is 4.50. The first-order chi connectivity index (χ1) is 8.22. The Morgan fingerprint density at radius 1 is 1.47 bits per heavy atom. The van der Waals surface area contributed by atoms with Crippen molar-refractivity contribution < 1.29 is 0 Å². The highest BCUT2D eigenvalue weighted by atomic mass is 32.1. The monoisotopic (exact) mass is 248 g/mol. The fourth-order valence-corrected chi connectivity index (χ4v) is 3.92. The molecule has 2 aliphatic carbocycles. The van der Waals surface area contributed by atoms with Crippen LogP contribution in [0.4, 0.5) is 0 Å². The van der Waals surface area contributed by atoms with E-state index in [4.69, 9.17) is 0 Å². The van der Waals surface area contributed by atoms with Gasteiger partial charge in [-0.2, -0.15) is 0 Å². The van der Waals surface area contributed by atoms with Crippen molar-refractivity contribution in [3.63, 3.8) is 0 Å². The minimum atomic E-state index is 0.608. The number of aromatic nitrogens is 1. The van der Waals surface area contributed by atoms with E-state index >= 15 is 0 Å². The van der Waals surface area contributed by atoms with Gasteiger partial charge < -0.3 is 5.32 Å². The Hall–Kier alpha value is -0.670. The highest BCUT2D eigenvalue weighted by Gasteiger charge is 2.38. The number of nitrogens with zero attached hydrogens (tertiary/aromatic N) is 1. The number of thiazole rings is 1. The first kappa shape index (κ1) is 11.4. The van der Waals surface area contributed by atoms with E-state index in [9.17, 15) is 0 Å². The third-order valence-electron chi connectivity index (χ3n) is 4.24. The van der Waals surface area contributed by atoms with Gasteiger partial charge in [-0.15, -0.1) is 11.3 Å². The standard InChI is InChI=1S/C14H20N2S/c1-9(14-6-11-3-4-12(14)5-11)15-7-13-8-17-10(2)16-13/h3-4,8-9,11-12,14-15H,5-7H2,1-2H3. The summed E-state index contributed by atoms with van der Waals surface area (Å²) in [5.74, 6) is 2.54. The summed E-state index contributed by atoms with van der Waals surface area (Å²) in [6.45, 7) is 5.32. The van der Waals surface area contributed by atoms with Gasteiger partial charge in [0.2, 0.25) is 0 Å². The summed E-state index contributed by atoms with van der Waals surface area (Å²) in [4.78, 5) is 4.50. The van der Waals surface area contributed by atoms with Gasteiger partial charge in [-0.3, -0.25) is 0 Å². The highest BCUT2D eigenvalue weighted by Crippen LogP contribution is 2.44. The van der Waals surface area contributed by atoms with E-state index in [0.717, 1.165) is 29.3 Å². The normalized spacial score (nSPS) is 32.2. The fraction of sp³-hybridized carbons (Fsp3) is 0.643. The largest absolute Gasteiger partial charge is 0.308 e. The lowest BCUT2D eigenvalue weighted by molar-refractivity contribution is 0.325. The molecule has 1 N–H and O–H groups in total. The van der Waals surface area contributed by atoms with Gasteiger partial charge in [0, 0.05) is 18.0 Å². The van der Waals surface area contributed by atoms with Crippen molar-refractivity contribution in [3.05, 3.63) is 28.2 Å². The summed E-state index contributed by atoms with van der Waals surface area (Å²) in [6, 6.07) is 0.608. The molecule has 1 saturated carbocycles. The summed E-state index contributed by atoms with van der Waals surface area (Å²) >= 11 is 1.74. The maximum Gasteiger partial charge on any atom is 0.0897 e. The molecule has 0 aliphatic heterocycles. The van der Waals surface area contributed by atoms with Gasteiger partial charge in [0.25, 0.3) is 0 Å². The van der Waals surface area contributed by atoms with Gasteiger partial charge in [-0.1, -0.05) is 12.2 Å². The van der Waals surface area contributed by atoms with Crippen LogP contribution in [0.25, 0.3) is 0 Å². The molecular formula is C14H20N2S. The van der Waals surface area contributed by atoms with Crippen LogP contribution in [0.5, 0.6) is 0 Å². The van der Waals surface area contributed by atoms with Gasteiger partial charge in [0.1, 0.15) is 0 Å².